The standard InChI is InChI=1S/C22H22N4O2/c1-15-6-3-4-7-17(15)13-24-22(28)21-11-10-20(14-23-21)26-19-9-5-8-18(12-19)25-16(2)27/h3-12,14,26H,13H2,1-2H3,(H,24,28)(H,25,27). The van der Waals surface area contributed by atoms with E-state index < -0.39 is 0 Å². The molecule has 0 aliphatic carbocycles. The predicted molar refractivity (Wildman–Crippen MR) is 111 cm³/mol. The summed E-state index contributed by atoms with van der Waals surface area (Å²) in [6.45, 7) is 3.94. The Kier molecular flexibility index (Phi) is 6.01. The summed E-state index contributed by atoms with van der Waals surface area (Å²) < 4.78 is 0. The Morgan fingerprint density at radius 2 is 1.71 bits per heavy atom. The van der Waals surface area contributed by atoms with Crippen LogP contribution in [0.25, 0.3) is 0 Å². The van der Waals surface area contributed by atoms with Crippen LogP contribution in [0.2, 0.25) is 0 Å². The normalized spacial score (nSPS) is 10.2. The van der Waals surface area contributed by atoms with E-state index in [4.69, 9.17) is 0 Å². The maximum Gasteiger partial charge on any atom is 0.270 e. The maximum absolute atomic E-state index is 12.3. The summed E-state index contributed by atoms with van der Waals surface area (Å²) in [5.74, 6) is -0.345. The van der Waals surface area contributed by atoms with Gasteiger partial charge in [-0.1, -0.05) is 30.3 Å². The summed E-state index contributed by atoms with van der Waals surface area (Å²) in [6.07, 6.45) is 1.60. The van der Waals surface area contributed by atoms with Gasteiger partial charge in [0.15, 0.2) is 0 Å². The van der Waals surface area contributed by atoms with Gasteiger partial charge in [0.2, 0.25) is 5.91 Å². The molecular formula is C22H22N4O2. The zero-order valence-electron chi connectivity index (χ0n) is 15.8. The van der Waals surface area contributed by atoms with Crippen LogP contribution in [-0.2, 0) is 11.3 Å². The van der Waals surface area contributed by atoms with Crippen molar-refractivity contribution in [1.29, 1.82) is 0 Å². The molecule has 0 bridgehead atoms. The molecule has 3 aromatic rings. The van der Waals surface area contributed by atoms with E-state index in [1.54, 1.807) is 18.3 Å². The number of benzene rings is 2. The molecule has 0 fully saturated rings. The van der Waals surface area contributed by atoms with E-state index in [1.807, 2.05) is 55.5 Å². The Bertz CT molecular complexity index is 984. The molecule has 0 saturated heterocycles. The quantitative estimate of drug-likeness (QED) is 0.608. The van der Waals surface area contributed by atoms with Crippen LogP contribution in [0.1, 0.15) is 28.5 Å². The largest absolute Gasteiger partial charge is 0.354 e. The first-order valence-corrected chi connectivity index (χ1v) is 8.95. The summed E-state index contributed by atoms with van der Waals surface area (Å²) >= 11 is 0. The van der Waals surface area contributed by atoms with Crippen molar-refractivity contribution in [2.45, 2.75) is 20.4 Å². The van der Waals surface area contributed by atoms with Gasteiger partial charge in [-0.25, -0.2) is 4.98 Å². The summed E-state index contributed by atoms with van der Waals surface area (Å²) in [6, 6.07) is 18.8. The second-order valence-corrected chi connectivity index (χ2v) is 6.43. The number of hydrogen-bond donors (Lipinski definition) is 3. The molecule has 0 unspecified atom stereocenters. The zero-order chi connectivity index (χ0) is 19.9. The molecule has 3 N–H and O–H groups in total. The molecule has 0 saturated carbocycles. The Morgan fingerprint density at radius 1 is 0.929 bits per heavy atom. The fourth-order valence-corrected chi connectivity index (χ4v) is 2.72. The van der Waals surface area contributed by atoms with E-state index in [0.717, 1.165) is 22.5 Å². The highest BCUT2D eigenvalue weighted by Gasteiger charge is 2.08. The van der Waals surface area contributed by atoms with Crippen molar-refractivity contribution in [3.63, 3.8) is 0 Å². The molecule has 1 aromatic heterocycles. The molecular weight excluding hydrogens is 352 g/mol. The van der Waals surface area contributed by atoms with Gasteiger partial charge in [0.1, 0.15) is 5.69 Å². The fourth-order valence-electron chi connectivity index (χ4n) is 2.72. The lowest BCUT2D eigenvalue weighted by atomic mass is 10.1. The lowest BCUT2D eigenvalue weighted by Gasteiger charge is -2.10. The molecule has 3 rings (SSSR count). The highest BCUT2D eigenvalue weighted by Crippen LogP contribution is 2.20. The smallest absolute Gasteiger partial charge is 0.270 e. The van der Waals surface area contributed by atoms with E-state index in [-0.39, 0.29) is 11.8 Å². The summed E-state index contributed by atoms with van der Waals surface area (Å²) in [5.41, 5.74) is 4.83. The number of carbonyl (C=O) groups is 2. The Hall–Kier alpha value is -3.67. The molecule has 2 aromatic carbocycles. The van der Waals surface area contributed by atoms with Gasteiger partial charge in [-0.2, -0.15) is 0 Å². The van der Waals surface area contributed by atoms with Crippen molar-refractivity contribution < 1.29 is 9.59 Å². The molecule has 0 spiro atoms. The van der Waals surface area contributed by atoms with Crippen molar-refractivity contribution in [2.75, 3.05) is 10.6 Å². The number of rotatable bonds is 6. The van der Waals surface area contributed by atoms with E-state index >= 15 is 0 Å². The van der Waals surface area contributed by atoms with E-state index in [0.29, 0.717) is 17.9 Å². The van der Waals surface area contributed by atoms with Crippen LogP contribution in [0.5, 0.6) is 0 Å². The molecule has 2 amide bonds. The summed E-state index contributed by atoms with van der Waals surface area (Å²) in [5, 5.41) is 8.83. The maximum atomic E-state index is 12.3. The molecule has 1 heterocycles. The first kappa shape index (κ1) is 19.1. The van der Waals surface area contributed by atoms with E-state index in [1.165, 1.54) is 6.92 Å². The molecule has 0 aliphatic heterocycles. The molecule has 6 heteroatoms. The van der Waals surface area contributed by atoms with E-state index in [2.05, 4.69) is 20.9 Å². The van der Waals surface area contributed by atoms with Crippen molar-refractivity contribution in [1.82, 2.24) is 10.3 Å². The highest BCUT2D eigenvalue weighted by molar-refractivity contribution is 5.92. The molecule has 28 heavy (non-hydrogen) atoms. The number of nitrogens with zero attached hydrogens (tertiary/aromatic N) is 1. The zero-order valence-corrected chi connectivity index (χ0v) is 15.8. The lowest BCUT2D eigenvalue weighted by Crippen LogP contribution is -2.24. The van der Waals surface area contributed by atoms with Crippen LogP contribution in [0.4, 0.5) is 17.1 Å². The van der Waals surface area contributed by atoms with Gasteiger partial charge in [0.05, 0.1) is 11.9 Å². The minimum Gasteiger partial charge on any atom is -0.354 e. The molecule has 142 valence electrons. The summed E-state index contributed by atoms with van der Waals surface area (Å²) in [7, 11) is 0. The van der Waals surface area contributed by atoms with Crippen LogP contribution in [0, 0.1) is 6.92 Å². The predicted octanol–water partition coefficient (Wildman–Crippen LogP) is 4.02. The van der Waals surface area contributed by atoms with Gasteiger partial charge >= 0.3 is 0 Å². The molecule has 6 nitrogen and oxygen atoms in total. The van der Waals surface area contributed by atoms with Gasteiger partial charge in [-0.05, 0) is 48.4 Å². The lowest BCUT2D eigenvalue weighted by molar-refractivity contribution is -0.114. The monoisotopic (exact) mass is 374 g/mol. The second kappa shape index (κ2) is 8.81. The van der Waals surface area contributed by atoms with Crippen LogP contribution >= 0.6 is 0 Å². The third-order valence-corrected chi connectivity index (χ3v) is 4.17. The SMILES string of the molecule is CC(=O)Nc1cccc(Nc2ccc(C(=O)NCc3ccccc3C)nc2)c1. The number of aromatic nitrogens is 1. The third-order valence-electron chi connectivity index (χ3n) is 4.17. The Balaban J connectivity index is 1.61. The topological polar surface area (TPSA) is 83.1 Å². The first-order valence-electron chi connectivity index (χ1n) is 8.95. The van der Waals surface area contributed by atoms with Gasteiger partial charge in [-0.15, -0.1) is 0 Å². The van der Waals surface area contributed by atoms with Crippen LogP contribution in [-0.4, -0.2) is 16.8 Å². The average molecular weight is 374 g/mol. The van der Waals surface area contributed by atoms with Crippen LogP contribution < -0.4 is 16.0 Å². The van der Waals surface area contributed by atoms with Crippen LogP contribution in [0.3, 0.4) is 0 Å². The summed E-state index contributed by atoms with van der Waals surface area (Å²) in [4.78, 5) is 27.7. The van der Waals surface area contributed by atoms with E-state index in [9.17, 15) is 9.59 Å². The van der Waals surface area contributed by atoms with Gasteiger partial charge in [0.25, 0.3) is 5.91 Å². The Morgan fingerprint density at radius 3 is 2.43 bits per heavy atom. The van der Waals surface area contributed by atoms with Crippen molar-refractivity contribution in [3.05, 3.63) is 83.7 Å². The number of aryl methyl sites for hydroxylation is 1. The number of nitrogens with one attached hydrogen (secondary N) is 3. The Labute approximate surface area is 164 Å². The number of hydrogen-bond acceptors (Lipinski definition) is 4. The van der Waals surface area contributed by atoms with Gasteiger partial charge < -0.3 is 16.0 Å². The van der Waals surface area contributed by atoms with Gasteiger partial charge in [0, 0.05) is 24.8 Å². The number of pyridine rings is 1. The minimum atomic E-state index is -0.220. The minimum absolute atomic E-state index is 0.125. The number of carbonyl (C=O) groups excluding carboxylic acids is 2. The highest BCUT2D eigenvalue weighted by atomic mass is 16.2. The second-order valence-electron chi connectivity index (χ2n) is 6.43. The van der Waals surface area contributed by atoms with Crippen molar-refractivity contribution >= 4 is 28.9 Å². The molecule has 0 aliphatic rings. The van der Waals surface area contributed by atoms with Gasteiger partial charge in [-0.3, -0.25) is 9.59 Å². The van der Waals surface area contributed by atoms with Crippen molar-refractivity contribution in [3.8, 4) is 0 Å². The molecule has 0 atom stereocenters. The molecule has 0 radical (unpaired) electrons. The average Bonchev–Trinajstić information content (AvgIpc) is 2.67. The number of anilines is 3. The third kappa shape index (κ3) is 5.17. The number of amides is 2. The van der Waals surface area contributed by atoms with Crippen LogP contribution in [0.15, 0.2) is 66.9 Å². The van der Waals surface area contributed by atoms with Crippen molar-refractivity contribution in [2.24, 2.45) is 0 Å². The first-order chi connectivity index (χ1) is 13.5. The fraction of sp³-hybridized carbons (Fsp3) is 0.136.